The van der Waals surface area contributed by atoms with Crippen molar-refractivity contribution in [2.75, 3.05) is 7.11 Å². The van der Waals surface area contributed by atoms with E-state index in [1.807, 2.05) is 0 Å². The first-order chi connectivity index (χ1) is 9.08. The Morgan fingerprint density at radius 1 is 1.15 bits per heavy atom. The molecule has 0 amide bonds. The van der Waals surface area contributed by atoms with Crippen molar-refractivity contribution in [3.63, 3.8) is 0 Å². The molecule has 0 aliphatic carbocycles. The Hall–Kier alpha value is -2.05. The van der Waals surface area contributed by atoms with E-state index in [2.05, 4.69) is 9.47 Å². The monoisotopic (exact) mass is 290 g/mol. The highest BCUT2D eigenvalue weighted by molar-refractivity contribution is 6.11. The smallest absolute Gasteiger partial charge is 0.468 e. The zero-order valence-corrected chi connectivity index (χ0v) is 11.1. The van der Waals surface area contributed by atoms with Gasteiger partial charge in [0.25, 0.3) is 0 Å². The third-order valence-electron chi connectivity index (χ3n) is 2.59. The minimum atomic E-state index is -4.85. The van der Waals surface area contributed by atoms with Gasteiger partial charge in [0.1, 0.15) is 11.2 Å². The molecule has 20 heavy (non-hydrogen) atoms. The topological polar surface area (TPSA) is 52.6 Å². The Balaban J connectivity index is 3.06. The molecule has 0 aliphatic heterocycles. The lowest BCUT2D eigenvalue weighted by molar-refractivity contribution is -0.274. The molecule has 0 radical (unpaired) electrons. The van der Waals surface area contributed by atoms with Crippen LogP contribution < -0.4 is 4.74 Å². The van der Waals surface area contributed by atoms with Crippen molar-refractivity contribution in [1.29, 1.82) is 0 Å². The predicted molar refractivity (Wildman–Crippen MR) is 63.3 cm³/mol. The van der Waals surface area contributed by atoms with Crippen LogP contribution in [0.3, 0.4) is 0 Å². The number of methoxy groups -OCH3 is 1. The van der Waals surface area contributed by atoms with E-state index in [0.717, 1.165) is 19.2 Å². The van der Waals surface area contributed by atoms with Gasteiger partial charge in [0.2, 0.25) is 0 Å². The maximum Gasteiger partial charge on any atom is 0.573 e. The lowest BCUT2D eigenvalue weighted by Gasteiger charge is -2.20. The summed E-state index contributed by atoms with van der Waals surface area (Å²) in [6.07, 6.45) is -4.85. The van der Waals surface area contributed by atoms with Crippen molar-refractivity contribution in [1.82, 2.24) is 0 Å². The molecule has 0 atom stereocenters. The van der Waals surface area contributed by atoms with Gasteiger partial charge < -0.3 is 9.47 Å². The van der Waals surface area contributed by atoms with Gasteiger partial charge in [-0.2, -0.15) is 0 Å². The van der Waals surface area contributed by atoms with Crippen LogP contribution in [0.5, 0.6) is 5.75 Å². The summed E-state index contributed by atoms with van der Waals surface area (Å²) in [5, 5.41) is 0. The van der Waals surface area contributed by atoms with Gasteiger partial charge in [0.05, 0.1) is 7.11 Å². The summed E-state index contributed by atoms with van der Waals surface area (Å²) in [5.41, 5.74) is -1.56. The van der Waals surface area contributed by atoms with Gasteiger partial charge in [-0.1, -0.05) is 12.1 Å². The number of benzene rings is 1. The highest BCUT2D eigenvalue weighted by Crippen LogP contribution is 2.28. The Labute approximate surface area is 113 Å². The third-order valence-corrected chi connectivity index (χ3v) is 2.59. The average molecular weight is 290 g/mol. The van der Waals surface area contributed by atoms with Crippen LogP contribution in [0.25, 0.3) is 0 Å². The Bertz CT molecular complexity index is 521. The number of carbonyl (C=O) groups excluding carboxylic acids is 2. The summed E-state index contributed by atoms with van der Waals surface area (Å²) >= 11 is 0. The fourth-order valence-electron chi connectivity index (χ4n) is 1.54. The fraction of sp³-hybridized carbons (Fsp3) is 0.385. The SMILES string of the molecule is COC(=O)C(C)(C)C(=O)c1cccc(OC(F)(F)F)c1. The van der Waals surface area contributed by atoms with E-state index in [-0.39, 0.29) is 5.56 Å². The van der Waals surface area contributed by atoms with Gasteiger partial charge in [-0.3, -0.25) is 9.59 Å². The molecule has 0 spiro atoms. The van der Waals surface area contributed by atoms with Crippen LogP contribution in [0.15, 0.2) is 24.3 Å². The third kappa shape index (κ3) is 3.72. The zero-order chi connectivity index (χ0) is 15.6. The minimum Gasteiger partial charge on any atom is -0.468 e. The van der Waals surface area contributed by atoms with Gasteiger partial charge in [0.15, 0.2) is 5.78 Å². The molecule has 1 aromatic rings. The molecule has 0 bridgehead atoms. The second kappa shape index (κ2) is 5.52. The van der Waals surface area contributed by atoms with Crippen molar-refractivity contribution >= 4 is 11.8 Å². The first-order valence-electron chi connectivity index (χ1n) is 5.57. The molecule has 0 heterocycles. The van der Waals surface area contributed by atoms with Crippen molar-refractivity contribution < 1.29 is 32.2 Å². The second-order valence-corrected chi connectivity index (χ2v) is 4.52. The summed E-state index contributed by atoms with van der Waals surface area (Å²) in [7, 11) is 1.13. The van der Waals surface area contributed by atoms with Crippen molar-refractivity contribution in [2.24, 2.45) is 5.41 Å². The number of Topliss-reactive ketones (excluding diaryl/α,β-unsaturated/α-hetero) is 1. The number of alkyl halides is 3. The van der Waals surface area contributed by atoms with Crippen LogP contribution in [-0.2, 0) is 9.53 Å². The van der Waals surface area contributed by atoms with E-state index in [9.17, 15) is 22.8 Å². The summed E-state index contributed by atoms with van der Waals surface area (Å²) < 4.78 is 44.5. The molecule has 110 valence electrons. The molecule has 0 saturated carbocycles. The summed E-state index contributed by atoms with van der Waals surface area (Å²) in [6, 6.07) is 4.54. The van der Waals surface area contributed by atoms with E-state index in [1.165, 1.54) is 26.0 Å². The van der Waals surface area contributed by atoms with E-state index >= 15 is 0 Å². The van der Waals surface area contributed by atoms with Gasteiger partial charge in [-0.25, -0.2) is 0 Å². The molecule has 0 N–H and O–H groups in total. The van der Waals surface area contributed by atoms with Crippen LogP contribution in [0.2, 0.25) is 0 Å². The number of ketones is 1. The lowest BCUT2D eigenvalue weighted by Crippen LogP contribution is -2.34. The first-order valence-corrected chi connectivity index (χ1v) is 5.57. The Kier molecular flexibility index (Phi) is 4.42. The predicted octanol–water partition coefficient (Wildman–Crippen LogP) is 2.97. The molecule has 0 saturated heterocycles. The van der Waals surface area contributed by atoms with Gasteiger partial charge in [0, 0.05) is 5.56 Å². The maximum atomic E-state index is 12.1. The second-order valence-electron chi connectivity index (χ2n) is 4.52. The molecule has 0 fully saturated rings. The number of hydrogen-bond donors (Lipinski definition) is 0. The van der Waals surface area contributed by atoms with Gasteiger partial charge >= 0.3 is 12.3 Å². The number of ether oxygens (including phenoxy) is 2. The van der Waals surface area contributed by atoms with Crippen LogP contribution >= 0.6 is 0 Å². The first kappa shape index (κ1) is 16.0. The largest absolute Gasteiger partial charge is 0.573 e. The number of hydrogen-bond acceptors (Lipinski definition) is 4. The zero-order valence-electron chi connectivity index (χ0n) is 11.1. The number of esters is 1. The number of carbonyl (C=O) groups is 2. The Morgan fingerprint density at radius 2 is 1.75 bits per heavy atom. The van der Waals surface area contributed by atoms with Crippen molar-refractivity contribution in [3.05, 3.63) is 29.8 Å². The van der Waals surface area contributed by atoms with Gasteiger partial charge in [-0.05, 0) is 26.0 Å². The standard InChI is InChI=1S/C13H13F3O4/c1-12(2,11(18)19-3)10(17)8-5-4-6-9(7-8)20-13(14,15)16/h4-7H,1-3H3. The molecule has 1 rings (SSSR count). The molecular weight excluding hydrogens is 277 g/mol. The normalized spacial score (nSPS) is 11.9. The molecule has 0 unspecified atom stereocenters. The number of halogens is 3. The minimum absolute atomic E-state index is 0.0675. The summed E-state index contributed by atoms with van der Waals surface area (Å²) in [5.74, 6) is -1.95. The highest BCUT2D eigenvalue weighted by Gasteiger charge is 2.38. The van der Waals surface area contributed by atoms with Crippen LogP contribution in [0.1, 0.15) is 24.2 Å². The van der Waals surface area contributed by atoms with Gasteiger partial charge in [-0.15, -0.1) is 13.2 Å². The summed E-state index contributed by atoms with van der Waals surface area (Å²) in [6.45, 7) is 2.66. The van der Waals surface area contributed by atoms with E-state index in [4.69, 9.17) is 0 Å². The van der Waals surface area contributed by atoms with Crippen LogP contribution in [0.4, 0.5) is 13.2 Å². The molecule has 0 aliphatic rings. The average Bonchev–Trinajstić information content (AvgIpc) is 2.35. The van der Waals surface area contributed by atoms with Crippen LogP contribution in [-0.4, -0.2) is 25.2 Å². The summed E-state index contributed by atoms with van der Waals surface area (Å²) in [4.78, 5) is 23.7. The molecule has 0 aromatic heterocycles. The molecule has 4 nitrogen and oxygen atoms in total. The van der Waals surface area contributed by atoms with E-state index < -0.39 is 29.3 Å². The molecule has 7 heteroatoms. The van der Waals surface area contributed by atoms with E-state index in [0.29, 0.717) is 0 Å². The van der Waals surface area contributed by atoms with Crippen molar-refractivity contribution in [3.8, 4) is 5.75 Å². The van der Waals surface area contributed by atoms with Crippen LogP contribution in [0, 0.1) is 5.41 Å². The number of rotatable bonds is 4. The lowest BCUT2D eigenvalue weighted by atomic mass is 9.84. The Morgan fingerprint density at radius 3 is 2.25 bits per heavy atom. The fourth-order valence-corrected chi connectivity index (χ4v) is 1.54. The van der Waals surface area contributed by atoms with E-state index in [1.54, 1.807) is 0 Å². The molecular formula is C13H13F3O4. The quantitative estimate of drug-likeness (QED) is 0.486. The maximum absolute atomic E-state index is 12.1. The van der Waals surface area contributed by atoms with Crippen molar-refractivity contribution in [2.45, 2.75) is 20.2 Å². The highest BCUT2D eigenvalue weighted by atomic mass is 19.4. The molecule has 1 aromatic carbocycles.